The zero-order valence-electron chi connectivity index (χ0n) is 9.38. The highest BCUT2D eigenvalue weighted by molar-refractivity contribution is 5.65. The van der Waals surface area contributed by atoms with Gasteiger partial charge in [0.15, 0.2) is 0 Å². The fourth-order valence-electron chi connectivity index (χ4n) is 1.27. The molecule has 0 N–H and O–H groups in total. The van der Waals surface area contributed by atoms with Gasteiger partial charge in [-0.05, 0) is 6.92 Å². The maximum absolute atomic E-state index is 10.1. The highest BCUT2D eigenvalue weighted by Crippen LogP contribution is 2.15. The van der Waals surface area contributed by atoms with Gasteiger partial charge in [-0.3, -0.25) is 4.79 Å². The van der Waals surface area contributed by atoms with Crippen molar-refractivity contribution < 1.29 is 14.3 Å². The lowest BCUT2D eigenvalue weighted by Gasteiger charge is -1.99. The van der Waals surface area contributed by atoms with E-state index in [9.17, 15) is 4.79 Å². The van der Waals surface area contributed by atoms with Crippen LogP contribution in [0.1, 0.15) is 46.0 Å². The third kappa shape index (κ3) is 11.4. The molecule has 0 aromatic carbocycles. The number of hydrogen-bond acceptors (Lipinski definition) is 3. The Morgan fingerprint density at radius 3 is 1.93 bits per heavy atom. The van der Waals surface area contributed by atoms with Crippen LogP contribution in [0.4, 0.5) is 0 Å². The molecule has 0 aromatic heterocycles. The van der Waals surface area contributed by atoms with E-state index in [0.717, 1.165) is 0 Å². The second kappa shape index (κ2) is 10.5. The minimum absolute atomic E-state index is 0.255. The Morgan fingerprint density at radius 2 is 1.57 bits per heavy atom. The Morgan fingerprint density at radius 1 is 1.07 bits per heavy atom. The molecule has 1 saturated carbocycles. The third-order valence-corrected chi connectivity index (χ3v) is 1.99. The molecular weight excluding hydrogens is 180 g/mol. The van der Waals surface area contributed by atoms with Crippen molar-refractivity contribution in [2.75, 3.05) is 19.8 Å². The molecule has 0 amide bonds. The number of hydrogen-bond donors (Lipinski definition) is 0. The van der Waals surface area contributed by atoms with E-state index in [1.807, 2.05) is 6.92 Å². The zero-order valence-corrected chi connectivity index (χ0v) is 9.38. The molecule has 84 valence electrons. The van der Waals surface area contributed by atoms with Crippen LogP contribution in [0.2, 0.25) is 0 Å². The number of ether oxygens (including phenoxy) is 2. The summed E-state index contributed by atoms with van der Waals surface area (Å²) in [5.74, 6) is -0.255. The Bertz CT molecular complexity index is 123. The Hall–Kier alpha value is -0.570. The van der Waals surface area contributed by atoms with Crippen LogP contribution in [-0.4, -0.2) is 25.8 Å². The number of rotatable bonds is 4. The Balaban J connectivity index is 0.000000280. The lowest BCUT2D eigenvalue weighted by molar-refractivity contribution is -0.142. The number of esters is 1. The van der Waals surface area contributed by atoms with Crippen LogP contribution in [0.3, 0.4) is 0 Å². The maximum atomic E-state index is 10.1. The first-order chi connectivity index (χ1) is 6.77. The summed E-state index contributed by atoms with van der Waals surface area (Å²) >= 11 is 0. The first kappa shape index (κ1) is 13.4. The van der Waals surface area contributed by atoms with Gasteiger partial charge in [-0.2, -0.15) is 0 Å². The molecule has 1 rings (SSSR count). The molecule has 1 aliphatic carbocycles. The zero-order chi connectivity index (χ0) is 10.6. The second-order valence-corrected chi connectivity index (χ2v) is 3.30. The first-order valence-corrected chi connectivity index (χ1v) is 5.48. The topological polar surface area (TPSA) is 35.5 Å². The van der Waals surface area contributed by atoms with Gasteiger partial charge in [-0.15, -0.1) is 0 Å². The van der Waals surface area contributed by atoms with E-state index < -0.39 is 0 Å². The van der Waals surface area contributed by atoms with Gasteiger partial charge in [0.1, 0.15) is 6.61 Å². The molecule has 0 atom stereocenters. The molecule has 0 saturated heterocycles. The van der Waals surface area contributed by atoms with Crippen molar-refractivity contribution in [3.63, 3.8) is 0 Å². The quantitative estimate of drug-likeness (QED) is 0.519. The molecule has 0 spiro atoms. The smallest absolute Gasteiger partial charge is 0.302 e. The molecule has 0 heterocycles. The molecular formula is C11H22O3. The molecule has 0 aliphatic heterocycles. The van der Waals surface area contributed by atoms with E-state index in [-0.39, 0.29) is 5.97 Å². The Kier molecular flexibility index (Phi) is 10.1. The third-order valence-electron chi connectivity index (χ3n) is 1.99. The van der Waals surface area contributed by atoms with Crippen molar-refractivity contribution in [2.24, 2.45) is 0 Å². The highest BCUT2D eigenvalue weighted by Gasteiger charge is 1.95. The van der Waals surface area contributed by atoms with Crippen molar-refractivity contribution in [1.82, 2.24) is 0 Å². The summed E-state index contributed by atoms with van der Waals surface area (Å²) < 4.78 is 9.49. The van der Waals surface area contributed by atoms with E-state index in [1.54, 1.807) is 0 Å². The van der Waals surface area contributed by atoms with Crippen LogP contribution in [0.25, 0.3) is 0 Å². The molecule has 0 radical (unpaired) electrons. The minimum Gasteiger partial charge on any atom is -0.463 e. The van der Waals surface area contributed by atoms with Gasteiger partial charge in [0.25, 0.3) is 0 Å². The summed E-state index contributed by atoms with van der Waals surface area (Å²) in [6.45, 7) is 4.81. The minimum atomic E-state index is -0.255. The predicted octanol–water partition coefficient (Wildman–Crippen LogP) is 2.54. The second-order valence-electron chi connectivity index (χ2n) is 3.30. The summed E-state index contributed by atoms with van der Waals surface area (Å²) in [7, 11) is 0. The molecule has 1 fully saturated rings. The van der Waals surface area contributed by atoms with E-state index >= 15 is 0 Å². The monoisotopic (exact) mass is 202 g/mol. The summed E-state index contributed by atoms with van der Waals surface area (Å²) in [5.41, 5.74) is 0. The first-order valence-electron chi connectivity index (χ1n) is 5.48. The van der Waals surface area contributed by atoms with Gasteiger partial charge in [0, 0.05) is 13.5 Å². The molecule has 0 aromatic rings. The van der Waals surface area contributed by atoms with Crippen molar-refractivity contribution in [3.05, 3.63) is 0 Å². The van der Waals surface area contributed by atoms with Gasteiger partial charge in [-0.25, -0.2) is 0 Å². The van der Waals surface area contributed by atoms with E-state index in [0.29, 0.717) is 19.8 Å². The average molecular weight is 202 g/mol. The fourth-order valence-corrected chi connectivity index (χ4v) is 1.27. The van der Waals surface area contributed by atoms with Crippen LogP contribution in [-0.2, 0) is 14.3 Å². The SMILES string of the molecule is C1CCCC1.CCOCCOC(C)=O. The van der Waals surface area contributed by atoms with E-state index in [4.69, 9.17) is 4.74 Å². The van der Waals surface area contributed by atoms with Gasteiger partial charge >= 0.3 is 5.97 Å². The lowest BCUT2D eigenvalue weighted by Crippen LogP contribution is -2.06. The van der Waals surface area contributed by atoms with E-state index in [1.165, 1.54) is 39.0 Å². The molecule has 0 unspecified atom stereocenters. The van der Waals surface area contributed by atoms with Crippen molar-refractivity contribution in [3.8, 4) is 0 Å². The molecule has 0 bridgehead atoms. The molecule has 3 heteroatoms. The van der Waals surface area contributed by atoms with Crippen molar-refractivity contribution in [1.29, 1.82) is 0 Å². The van der Waals surface area contributed by atoms with Crippen LogP contribution >= 0.6 is 0 Å². The van der Waals surface area contributed by atoms with Gasteiger partial charge in [0.2, 0.25) is 0 Å². The molecule has 1 aliphatic rings. The number of carbonyl (C=O) groups excluding carboxylic acids is 1. The van der Waals surface area contributed by atoms with Crippen molar-refractivity contribution in [2.45, 2.75) is 46.0 Å². The Labute approximate surface area is 86.8 Å². The normalized spacial score (nSPS) is 14.4. The van der Waals surface area contributed by atoms with Gasteiger partial charge < -0.3 is 9.47 Å². The largest absolute Gasteiger partial charge is 0.463 e. The molecule has 14 heavy (non-hydrogen) atoms. The number of carbonyl (C=O) groups is 1. The van der Waals surface area contributed by atoms with Crippen LogP contribution in [0.5, 0.6) is 0 Å². The summed E-state index contributed by atoms with van der Waals surface area (Å²) in [5, 5.41) is 0. The lowest BCUT2D eigenvalue weighted by atomic mass is 10.4. The van der Waals surface area contributed by atoms with Crippen LogP contribution in [0.15, 0.2) is 0 Å². The summed E-state index contributed by atoms with van der Waals surface area (Å²) in [6, 6.07) is 0. The highest BCUT2D eigenvalue weighted by atomic mass is 16.6. The van der Waals surface area contributed by atoms with Gasteiger partial charge in [-0.1, -0.05) is 32.1 Å². The van der Waals surface area contributed by atoms with Crippen LogP contribution in [0, 0.1) is 0 Å². The maximum Gasteiger partial charge on any atom is 0.302 e. The summed E-state index contributed by atoms with van der Waals surface area (Å²) in [6.07, 6.45) is 7.50. The fraction of sp³-hybridized carbons (Fsp3) is 0.909. The van der Waals surface area contributed by atoms with Crippen molar-refractivity contribution >= 4 is 5.97 Å². The molecule has 3 nitrogen and oxygen atoms in total. The van der Waals surface area contributed by atoms with E-state index in [2.05, 4.69) is 4.74 Å². The predicted molar refractivity (Wildman–Crippen MR) is 56.2 cm³/mol. The average Bonchev–Trinajstić information content (AvgIpc) is 2.70. The standard InChI is InChI=1S/C6H12O3.C5H10/c1-3-8-4-5-9-6(2)7;1-2-4-5-3-1/h3-5H2,1-2H3;1-5H2. The van der Waals surface area contributed by atoms with Gasteiger partial charge in [0.05, 0.1) is 6.61 Å². The summed E-state index contributed by atoms with van der Waals surface area (Å²) in [4.78, 5) is 10.1. The van der Waals surface area contributed by atoms with Crippen LogP contribution < -0.4 is 0 Å².